The van der Waals surface area contributed by atoms with Crippen LogP contribution in [0.5, 0.6) is 0 Å². The smallest absolute Gasteiger partial charge is 0.0812 e. The maximum absolute atomic E-state index is 4.15. The number of unbranched alkanes of at least 4 members (excludes halogenated alkanes) is 4. The molecule has 126 valence electrons. The first-order valence-corrected chi connectivity index (χ1v) is 9.35. The van der Waals surface area contributed by atoms with Crippen molar-refractivity contribution >= 4 is 0 Å². The molecule has 0 aromatic rings. The van der Waals surface area contributed by atoms with Crippen LogP contribution < -0.4 is 0 Å². The van der Waals surface area contributed by atoms with Gasteiger partial charge in [0.25, 0.3) is 0 Å². The van der Waals surface area contributed by atoms with E-state index in [0.29, 0.717) is 6.17 Å². The minimum Gasteiger partial charge on any atom is -0.285 e. The van der Waals surface area contributed by atoms with E-state index < -0.39 is 0 Å². The van der Waals surface area contributed by atoms with Gasteiger partial charge in [0.05, 0.1) is 6.17 Å². The first-order valence-electron chi connectivity index (χ1n) is 9.35. The van der Waals surface area contributed by atoms with Gasteiger partial charge in [-0.3, -0.25) is 9.80 Å². The van der Waals surface area contributed by atoms with E-state index in [9.17, 15) is 0 Å². The number of nitrogens with zero attached hydrogens (tertiary/aromatic N) is 2. The number of rotatable bonds is 15. The van der Waals surface area contributed by atoms with Gasteiger partial charge < -0.3 is 0 Å². The fourth-order valence-corrected chi connectivity index (χ4v) is 2.73. The average Bonchev–Trinajstić information content (AvgIpc) is 2.51. The van der Waals surface area contributed by atoms with Gasteiger partial charge in [-0.25, -0.2) is 0 Å². The van der Waals surface area contributed by atoms with Crippen molar-refractivity contribution in [2.75, 3.05) is 26.2 Å². The molecule has 0 bridgehead atoms. The molecule has 0 fully saturated rings. The van der Waals surface area contributed by atoms with Crippen molar-refractivity contribution in [1.82, 2.24) is 9.80 Å². The van der Waals surface area contributed by atoms with Crippen molar-refractivity contribution < 1.29 is 0 Å². The van der Waals surface area contributed by atoms with Crippen LogP contribution in [0.25, 0.3) is 0 Å². The van der Waals surface area contributed by atoms with E-state index in [-0.39, 0.29) is 0 Å². The van der Waals surface area contributed by atoms with Crippen LogP contribution in [0.1, 0.15) is 79.1 Å². The van der Waals surface area contributed by atoms with Crippen molar-refractivity contribution in [3.63, 3.8) is 0 Å². The quantitative estimate of drug-likeness (QED) is 0.299. The van der Waals surface area contributed by atoms with Gasteiger partial charge in [0.15, 0.2) is 0 Å². The average molecular weight is 297 g/mol. The monoisotopic (exact) mass is 296 g/mol. The van der Waals surface area contributed by atoms with E-state index in [4.69, 9.17) is 0 Å². The van der Waals surface area contributed by atoms with Crippen molar-refractivity contribution in [3.05, 3.63) is 12.7 Å². The topological polar surface area (TPSA) is 6.48 Å². The van der Waals surface area contributed by atoms with Gasteiger partial charge in [-0.05, 0) is 51.9 Å². The highest BCUT2D eigenvalue weighted by Gasteiger charge is 2.21. The molecule has 0 saturated carbocycles. The fourth-order valence-electron chi connectivity index (χ4n) is 2.73. The Kier molecular flexibility index (Phi) is 14.4. The van der Waals surface area contributed by atoms with Gasteiger partial charge in [-0.15, -0.1) is 6.58 Å². The molecule has 0 rings (SSSR count). The normalized spacial score (nSPS) is 11.8. The van der Waals surface area contributed by atoms with Crippen LogP contribution in [0.15, 0.2) is 12.7 Å². The molecule has 0 saturated heterocycles. The lowest BCUT2D eigenvalue weighted by atomic mass is 10.2. The zero-order valence-corrected chi connectivity index (χ0v) is 15.2. The molecule has 0 aliphatic heterocycles. The van der Waals surface area contributed by atoms with Crippen molar-refractivity contribution in [3.8, 4) is 0 Å². The largest absolute Gasteiger partial charge is 0.285 e. The summed E-state index contributed by atoms with van der Waals surface area (Å²) in [7, 11) is 0. The zero-order valence-electron chi connectivity index (χ0n) is 15.2. The summed E-state index contributed by atoms with van der Waals surface area (Å²) in [5, 5.41) is 0. The van der Waals surface area contributed by atoms with Crippen LogP contribution >= 0.6 is 0 Å². The Morgan fingerprint density at radius 2 is 0.952 bits per heavy atom. The highest BCUT2D eigenvalue weighted by Crippen LogP contribution is 2.13. The molecule has 0 unspecified atom stereocenters. The van der Waals surface area contributed by atoms with E-state index in [1.54, 1.807) is 0 Å². The molecule has 0 aromatic heterocycles. The summed E-state index contributed by atoms with van der Waals surface area (Å²) in [4.78, 5) is 5.32. The third-order valence-corrected chi connectivity index (χ3v) is 4.15. The third kappa shape index (κ3) is 9.31. The molecular weight excluding hydrogens is 256 g/mol. The lowest BCUT2D eigenvalue weighted by Gasteiger charge is -2.38. The van der Waals surface area contributed by atoms with Crippen LogP contribution in [0.4, 0.5) is 0 Å². The van der Waals surface area contributed by atoms with Crippen LogP contribution in [0.2, 0.25) is 0 Å². The van der Waals surface area contributed by atoms with E-state index >= 15 is 0 Å². The molecular formula is C19H40N2. The summed E-state index contributed by atoms with van der Waals surface area (Å²) in [6.45, 7) is 18.1. The predicted octanol–water partition coefficient (Wildman–Crippen LogP) is 5.30. The minimum absolute atomic E-state index is 0.432. The van der Waals surface area contributed by atoms with Crippen molar-refractivity contribution in [2.24, 2.45) is 0 Å². The van der Waals surface area contributed by atoms with Crippen molar-refractivity contribution in [2.45, 2.75) is 85.2 Å². The molecule has 0 aromatic carbocycles. The van der Waals surface area contributed by atoms with Gasteiger partial charge in [-0.2, -0.15) is 0 Å². The molecule has 0 heterocycles. The second kappa shape index (κ2) is 14.6. The van der Waals surface area contributed by atoms with E-state index in [0.717, 1.165) is 0 Å². The molecule has 0 aliphatic rings. The Balaban J connectivity index is 4.77. The van der Waals surface area contributed by atoms with Gasteiger partial charge in [-0.1, -0.05) is 59.5 Å². The van der Waals surface area contributed by atoms with Gasteiger partial charge in [0, 0.05) is 0 Å². The Bertz CT molecular complexity index is 192. The summed E-state index contributed by atoms with van der Waals surface area (Å²) < 4.78 is 0. The van der Waals surface area contributed by atoms with Gasteiger partial charge in [0.2, 0.25) is 0 Å². The Morgan fingerprint density at radius 3 is 1.14 bits per heavy atom. The lowest BCUT2D eigenvalue weighted by Crippen LogP contribution is -2.48. The van der Waals surface area contributed by atoms with E-state index in [1.165, 1.54) is 77.5 Å². The van der Waals surface area contributed by atoms with E-state index in [2.05, 4.69) is 50.1 Å². The Morgan fingerprint density at radius 1 is 0.667 bits per heavy atom. The summed E-state index contributed by atoms with van der Waals surface area (Å²) in [5.74, 6) is 0. The first-order chi connectivity index (χ1) is 10.2. The molecule has 0 amide bonds. The lowest BCUT2D eigenvalue weighted by molar-refractivity contribution is 0.0701. The Hall–Kier alpha value is -0.340. The molecule has 2 nitrogen and oxygen atoms in total. The summed E-state index contributed by atoms with van der Waals surface area (Å²) in [6, 6.07) is 0. The Labute approximate surface area is 134 Å². The number of hydrogen-bond acceptors (Lipinski definition) is 2. The predicted molar refractivity (Wildman–Crippen MR) is 96.8 cm³/mol. The minimum atomic E-state index is 0.432. The maximum Gasteiger partial charge on any atom is 0.0812 e. The van der Waals surface area contributed by atoms with Crippen molar-refractivity contribution in [1.29, 1.82) is 0 Å². The molecule has 0 N–H and O–H groups in total. The van der Waals surface area contributed by atoms with Gasteiger partial charge in [0.1, 0.15) is 0 Å². The van der Waals surface area contributed by atoms with Gasteiger partial charge >= 0.3 is 0 Å². The molecule has 21 heavy (non-hydrogen) atoms. The van der Waals surface area contributed by atoms with Crippen LogP contribution in [-0.2, 0) is 0 Å². The molecule has 0 aliphatic carbocycles. The van der Waals surface area contributed by atoms with Crippen LogP contribution in [-0.4, -0.2) is 42.1 Å². The SMILES string of the molecule is C=CC(N(CCCC)CCCC)N(CCCC)CCCC. The highest BCUT2D eigenvalue weighted by molar-refractivity contribution is 4.88. The molecule has 0 atom stereocenters. The van der Waals surface area contributed by atoms with Crippen LogP contribution in [0.3, 0.4) is 0 Å². The molecule has 0 radical (unpaired) electrons. The van der Waals surface area contributed by atoms with Crippen LogP contribution in [0, 0.1) is 0 Å². The second-order valence-electron chi connectivity index (χ2n) is 6.14. The maximum atomic E-state index is 4.15. The molecule has 2 heteroatoms. The van der Waals surface area contributed by atoms with E-state index in [1.807, 2.05) is 0 Å². The molecule has 0 spiro atoms. The standard InChI is InChI=1S/C19H40N2/c1-6-11-15-20(16-12-7-2)19(10-5)21(17-13-8-3)18-14-9-4/h10,19H,5-9,11-18H2,1-4H3. The fraction of sp³-hybridized carbons (Fsp3) is 0.895. The third-order valence-electron chi connectivity index (χ3n) is 4.15. The second-order valence-corrected chi connectivity index (χ2v) is 6.14. The zero-order chi connectivity index (χ0) is 15.9. The summed E-state index contributed by atoms with van der Waals surface area (Å²) in [6.07, 6.45) is 12.9. The summed E-state index contributed by atoms with van der Waals surface area (Å²) in [5.41, 5.74) is 0. The number of hydrogen-bond donors (Lipinski definition) is 0. The summed E-state index contributed by atoms with van der Waals surface area (Å²) >= 11 is 0. The highest BCUT2D eigenvalue weighted by atomic mass is 15.3. The first kappa shape index (κ1) is 20.7.